The minimum atomic E-state index is -0.0840. The largest absolute Gasteiger partial charge is 0.361 e. The molecule has 0 bridgehead atoms. The summed E-state index contributed by atoms with van der Waals surface area (Å²) in [5.74, 6) is 0. The lowest BCUT2D eigenvalue weighted by atomic mass is 10.4. The summed E-state index contributed by atoms with van der Waals surface area (Å²) >= 11 is 0. The highest BCUT2D eigenvalue weighted by Crippen LogP contribution is 2.07. The van der Waals surface area contributed by atoms with Crippen molar-refractivity contribution in [2.24, 2.45) is 0 Å². The molecule has 1 fully saturated rings. The van der Waals surface area contributed by atoms with Gasteiger partial charge in [0.05, 0.1) is 0 Å². The van der Waals surface area contributed by atoms with E-state index in [0.29, 0.717) is 13.2 Å². The Bertz CT molecular complexity index is 229. The van der Waals surface area contributed by atoms with E-state index in [0.717, 1.165) is 25.7 Å². The number of carbonyl (C=O) groups excluding carboxylic acids is 1. The Morgan fingerprint density at radius 1 is 1.00 bits per heavy atom. The van der Waals surface area contributed by atoms with Crippen LogP contribution in [0.3, 0.4) is 0 Å². The first-order valence-corrected chi connectivity index (χ1v) is 7.06. The van der Waals surface area contributed by atoms with Gasteiger partial charge >= 0.3 is 6.03 Å². The Hall–Kier alpha value is -0.850. The first-order valence-electron chi connectivity index (χ1n) is 7.06. The van der Waals surface area contributed by atoms with Crippen LogP contribution in [0.4, 0.5) is 4.79 Å². The number of hydrogen-bond donors (Lipinski definition) is 0. The zero-order valence-electron chi connectivity index (χ0n) is 12.1. The van der Waals surface area contributed by atoms with Gasteiger partial charge in [-0.05, 0) is 12.8 Å². The van der Waals surface area contributed by atoms with E-state index in [-0.39, 0.29) is 33.0 Å². The summed E-state index contributed by atoms with van der Waals surface area (Å²) in [5.41, 5.74) is 0. The summed E-state index contributed by atoms with van der Waals surface area (Å²) in [4.78, 5) is 15.2. The Labute approximate surface area is 115 Å². The molecule has 0 aromatic rings. The highest BCUT2D eigenvalue weighted by molar-refractivity contribution is 5.74. The molecule has 6 heteroatoms. The number of urea groups is 1. The molecule has 0 aliphatic carbocycles. The molecule has 1 saturated heterocycles. The van der Waals surface area contributed by atoms with Crippen LogP contribution in [0.2, 0.25) is 0 Å². The maximum Gasteiger partial charge on any atom is 0.327 e. The summed E-state index contributed by atoms with van der Waals surface area (Å²) in [6.07, 6.45) is 4.18. The van der Waals surface area contributed by atoms with Crippen molar-refractivity contribution in [2.45, 2.75) is 39.5 Å². The lowest BCUT2D eigenvalue weighted by Crippen LogP contribution is -2.51. The summed E-state index contributed by atoms with van der Waals surface area (Å²) < 4.78 is 16.2. The van der Waals surface area contributed by atoms with Crippen molar-refractivity contribution in [1.29, 1.82) is 0 Å². The second-order valence-electron chi connectivity index (χ2n) is 4.61. The SMILES string of the molecule is CCCCOCN1COCN(COCCCC)C1=O. The molecule has 1 aliphatic rings. The summed E-state index contributed by atoms with van der Waals surface area (Å²) in [5, 5.41) is 0. The van der Waals surface area contributed by atoms with E-state index >= 15 is 0 Å². The van der Waals surface area contributed by atoms with Crippen molar-refractivity contribution >= 4 is 6.03 Å². The Morgan fingerprint density at radius 3 is 1.89 bits per heavy atom. The van der Waals surface area contributed by atoms with E-state index in [4.69, 9.17) is 14.2 Å². The Balaban J connectivity index is 2.21. The third kappa shape index (κ3) is 6.22. The molecule has 0 aromatic carbocycles. The smallest absolute Gasteiger partial charge is 0.327 e. The third-order valence-corrected chi connectivity index (χ3v) is 2.81. The zero-order chi connectivity index (χ0) is 13.9. The fourth-order valence-electron chi connectivity index (χ4n) is 1.60. The lowest BCUT2D eigenvalue weighted by Gasteiger charge is -2.34. The van der Waals surface area contributed by atoms with Gasteiger partial charge in [-0.1, -0.05) is 26.7 Å². The quantitative estimate of drug-likeness (QED) is 0.573. The molecular weight excluding hydrogens is 248 g/mol. The zero-order valence-corrected chi connectivity index (χ0v) is 12.1. The maximum absolute atomic E-state index is 12.1. The van der Waals surface area contributed by atoms with Crippen molar-refractivity contribution < 1.29 is 19.0 Å². The van der Waals surface area contributed by atoms with Crippen molar-refractivity contribution in [3.05, 3.63) is 0 Å². The molecule has 19 heavy (non-hydrogen) atoms. The Kier molecular flexibility index (Phi) is 8.53. The summed E-state index contributed by atoms with van der Waals surface area (Å²) in [7, 11) is 0. The number of ether oxygens (including phenoxy) is 3. The topological polar surface area (TPSA) is 51.2 Å². The van der Waals surface area contributed by atoms with Crippen LogP contribution < -0.4 is 0 Å². The van der Waals surface area contributed by atoms with Gasteiger partial charge in [0.15, 0.2) is 0 Å². The molecule has 1 rings (SSSR count). The van der Waals surface area contributed by atoms with Crippen molar-refractivity contribution in [3.63, 3.8) is 0 Å². The van der Waals surface area contributed by atoms with Gasteiger partial charge in [-0.3, -0.25) is 9.80 Å². The molecule has 0 saturated carbocycles. The van der Waals surface area contributed by atoms with Crippen LogP contribution in [-0.2, 0) is 14.2 Å². The number of unbranched alkanes of at least 4 members (excludes halogenated alkanes) is 2. The highest BCUT2D eigenvalue weighted by Gasteiger charge is 2.25. The molecular formula is C13H26N2O4. The highest BCUT2D eigenvalue weighted by atomic mass is 16.5. The van der Waals surface area contributed by atoms with E-state index in [1.54, 1.807) is 9.80 Å². The number of rotatable bonds is 10. The summed E-state index contributed by atoms with van der Waals surface area (Å²) in [6, 6.07) is -0.0840. The van der Waals surface area contributed by atoms with Crippen LogP contribution >= 0.6 is 0 Å². The van der Waals surface area contributed by atoms with Crippen molar-refractivity contribution in [3.8, 4) is 0 Å². The molecule has 0 spiro atoms. The fourth-order valence-corrected chi connectivity index (χ4v) is 1.60. The van der Waals surface area contributed by atoms with Crippen molar-refractivity contribution in [2.75, 3.05) is 40.1 Å². The average Bonchev–Trinajstić information content (AvgIpc) is 2.43. The van der Waals surface area contributed by atoms with Gasteiger partial charge in [0.1, 0.15) is 26.9 Å². The van der Waals surface area contributed by atoms with Crippen LogP contribution in [0.5, 0.6) is 0 Å². The minimum Gasteiger partial charge on any atom is -0.361 e. The molecule has 6 nitrogen and oxygen atoms in total. The maximum atomic E-state index is 12.1. The van der Waals surface area contributed by atoms with Crippen LogP contribution in [0.1, 0.15) is 39.5 Å². The molecule has 1 aliphatic heterocycles. The second-order valence-corrected chi connectivity index (χ2v) is 4.61. The molecule has 112 valence electrons. The predicted octanol–water partition coefficient (Wildman–Crippen LogP) is 2.20. The van der Waals surface area contributed by atoms with Gasteiger partial charge in [0.2, 0.25) is 0 Å². The molecule has 0 N–H and O–H groups in total. The predicted molar refractivity (Wildman–Crippen MR) is 71.3 cm³/mol. The van der Waals surface area contributed by atoms with E-state index in [2.05, 4.69) is 13.8 Å². The molecule has 0 unspecified atom stereocenters. The van der Waals surface area contributed by atoms with Crippen LogP contribution in [-0.4, -0.2) is 56.0 Å². The third-order valence-electron chi connectivity index (χ3n) is 2.81. The standard InChI is InChI=1S/C13H26N2O4/c1-3-5-7-17-9-14-11-19-12-15(13(14)16)10-18-8-6-4-2/h3-12H2,1-2H3. The van der Waals surface area contributed by atoms with E-state index in [1.807, 2.05) is 0 Å². The van der Waals surface area contributed by atoms with Gasteiger partial charge in [-0.2, -0.15) is 0 Å². The van der Waals surface area contributed by atoms with Gasteiger partial charge < -0.3 is 14.2 Å². The fraction of sp³-hybridized carbons (Fsp3) is 0.923. The Morgan fingerprint density at radius 2 is 1.47 bits per heavy atom. The second kappa shape index (κ2) is 10.00. The number of amides is 2. The summed E-state index contributed by atoms with van der Waals surface area (Å²) in [6.45, 7) is 6.70. The van der Waals surface area contributed by atoms with Crippen LogP contribution in [0.25, 0.3) is 0 Å². The van der Waals surface area contributed by atoms with Crippen LogP contribution in [0, 0.1) is 0 Å². The molecule has 1 heterocycles. The van der Waals surface area contributed by atoms with Gasteiger partial charge in [-0.15, -0.1) is 0 Å². The molecule has 2 amide bonds. The van der Waals surface area contributed by atoms with E-state index < -0.39 is 0 Å². The molecule has 0 aromatic heterocycles. The monoisotopic (exact) mass is 274 g/mol. The van der Waals surface area contributed by atoms with Crippen molar-refractivity contribution in [1.82, 2.24) is 9.80 Å². The van der Waals surface area contributed by atoms with E-state index in [9.17, 15) is 4.79 Å². The minimum absolute atomic E-state index is 0.0840. The van der Waals surface area contributed by atoms with Gasteiger partial charge in [0.25, 0.3) is 0 Å². The van der Waals surface area contributed by atoms with Crippen LogP contribution in [0.15, 0.2) is 0 Å². The molecule has 0 radical (unpaired) electrons. The normalized spacial score (nSPS) is 16.2. The average molecular weight is 274 g/mol. The van der Waals surface area contributed by atoms with Gasteiger partial charge in [-0.25, -0.2) is 4.79 Å². The molecule has 0 atom stereocenters. The lowest BCUT2D eigenvalue weighted by molar-refractivity contribution is -0.111. The first kappa shape index (κ1) is 16.2. The number of nitrogens with zero attached hydrogens (tertiary/aromatic N) is 2. The number of hydrogen-bond acceptors (Lipinski definition) is 4. The first-order chi connectivity index (χ1) is 9.29. The van der Waals surface area contributed by atoms with E-state index in [1.165, 1.54) is 0 Å². The van der Waals surface area contributed by atoms with Gasteiger partial charge in [0, 0.05) is 13.2 Å². The number of carbonyl (C=O) groups is 1.